The molecule has 4 saturated carbocycles. The van der Waals surface area contributed by atoms with Gasteiger partial charge >= 0.3 is 6.03 Å². The molecule has 5 nitrogen and oxygen atoms in total. The summed E-state index contributed by atoms with van der Waals surface area (Å²) in [6.07, 6.45) is 4.79. The molecule has 4 aliphatic carbocycles. The Morgan fingerprint density at radius 3 is 2.45 bits per heavy atom. The molecule has 2 amide bonds. The maximum absolute atomic E-state index is 11.9. The Balaban J connectivity index is 1.42. The molecule has 5 rings (SSSR count). The monoisotopic (exact) mass is 299 g/mol. The molecule has 0 aliphatic heterocycles. The van der Waals surface area contributed by atoms with Gasteiger partial charge < -0.3 is 10.4 Å². The van der Waals surface area contributed by atoms with E-state index in [-0.39, 0.29) is 6.03 Å². The van der Waals surface area contributed by atoms with Gasteiger partial charge in [0.05, 0.1) is 5.60 Å². The number of aliphatic hydroxyl groups is 1. The molecule has 1 aromatic rings. The Bertz CT molecular complexity index is 596. The van der Waals surface area contributed by atoms with E-state index < -0.39 is 5.60 Å². The number of amides is 2. The fourth-order valence-corrected chi connectivity index (χ4v) is 4.70. The standard InChI is InChI=1S/C17H21N3O2/c21-16(18-14-4-2-1-3-5-14)20-19-15-12-6-11-7-13(15)10-17(22,8-11)9-12/h1-5,11-13,22H,6-10H2,(H2,18,20,21)/t11?,12-,13+,17?. The van der Waals surface area contributed by atoms with Crippen LogP contribution < -0.4 is 10.7 Å². The number of nitrogens with zero attached hydrogens (tertiary/aromatic N) is 1. The van der Waals surface area contributed by atoms with Crippen molar-refractivity contribution in [2.75, 3.05) is 5.32 Å². The number of hydrazone groups is 1. The van der Waals surface area contributed by atoms with Crippen LogP contribution in [0.3, 0.4) is 0 Å². The van der Waals surface area contributed by atoms with Crippen molar-refractivity contribution >= 4 is 17.4 Å². The van der Waals surface area contributed by atoms with E-state index in [0.29, 0.717) is 17.8 Å². The van der Waals surface area contributed by atoms with Crippen LogP contribution in [0.5, 0.6) is 0 Å². The first kappa shape index (κ1) is 13.8. The van der Waals surface area contributed by atoms with Crippen molar-refractivity contribution in [2.24, 2.45) is 22.9 Å². The van der Waals surface area contributed by atoms with Crippen molar-refractivity contribution in [2.45, 2.75) is 37.7 Å². The largest absolute Gasteiger partial charge is 0.390 e. The van der Waals surface area contributed by atoms with Crippen LogP contribution in [0.15, 0.2) is 35.4 Å². The molecule has 4 bridgehead atoms. The molecule has 2 unspecified atom stereocenters. The van der Waals surface area contributed by atoms with Gasteiger partial charge in [0.25, 0.3) is 0 Å². The lowest BCUT2D eigenvalue weighted by molar-refractivity contribution is -0.0825. The zero-order valence-electron chi connectivity index (χ0n) is 12.5. The minimum absolute atomic E-state index is 0.314. The molecule has 22 heavy (non-hydrogen) atoms. The summed E-state index contributed by atoms with van der Waals surface area (Å²) in [6.45, 7) is 0. The summed E-state index contributed by atoms with van der Waals surface area (Å²) < 4.78 is 0. The van der Waals surface area contributed by atoms with Crippen molar-refractivity contribution in [1.82, 2.24) is 5.43 Å². The van der Waals surface area contributed by atoms with Crippen LogP contribution in [0.2, 0.25) is 0 Å². The van der Waals surface area contributed by atoms with E-state index in [0.717, 1.165) is 43.5 Å². The predicted molar refractivity (Wildman–Crippen MR) is 84.5 cm³/mol. The van der Waals surface area contributed by atoms with Crippen LogP contribution >= 0.6 is 0 Å². The fraction of sp³-hybridized carbons (Fsp3) is 0.529. The van der Waals surface area contributed by atoms with Gasteiger partial charge in [-0.3, -0.25) is 0 Å². The molecule has 5 heteroatoms. The number of rotatable bonds is 2. The lowest BCUT2D eigenvalue weighted by Crippen LogP contribution is -2.55. The van der Waals surface area contributed by atoms with Gasteiger partial charge in [-0.25, -0.2) is 10.2 Å². The summed E-state index contributed by atoms with van der Waals surface area (Å²) in [5, 5.41) is 17.7. The Kier molecular flexibility index (Phi) is 3.18. The van der Waals surface area contributed by atoms with Gasteiger partial charge in [-0.2, -0.15) is 5.10 Å². The quantitative estimate of drug-likeness (QED) is 0.735. The van der Waals surface area contributed by atoms with Crippen LogP contribution in [0, 0.1) is 17.8 Å². The molecule has 4 aliphatic rings. The third-order valence-electron chi connectivity index (χ3n) is 5.31. The van der Waals surface area contributed by atoms with Crippen molar-refractivity contribution in [3.05, 3.63) is 30.3 Å². The molecular weight excluding hydrogens is 278 g/mol. The molecule has 0 heterocycles. The number of carbonyl (C=O) groups excluding carboxylic acids is 1. The highest BCUT2D eigenvalue weighted by atomic mass is 16.3. The Labute approximate surface area is 129 Å². The third kappa shape index (κ3) is 2.50. The van der Waals surface area contributed by atoms with Gasteiger partial charge in [-0.05, 0) is 50.2 Å². The second-order valence-electron chi connectivity index (χ2n) is 7.04. The number of nitrogens with one attached hydrogen (secondary N) is 2. The zero-order chi connectivity index (χ0) is 15.2. The highest BCUT2D eigenvalue weighted by Crippen LogP contribution is 2.54. The molecular formula is C17H21N3O2. The number of carbonyl (C=O) groups is 1. The van der Waals surface area contributed by atoms with Crippen molar-refractivity contribution < 1.29 is 9.90 Å². The summed E-state index contributed by atoms with van der Waals surface area (Å²) in [5.41, 5.74) is 3.99. The smallest absolute Gasteiger partial charge is 0.339 e. The van der Waals surface area contributed by atoms with Crippen molar-refractivity contribution in [3.63, 3.8) is 0 Å². The second kappa shape index (κ2) is 5.09. The molecule has 116 valence electrons. The minimum Gasteiger partial charge on any atom is -0.390 e. The second-order valence-corrected chi connectivity index (χ2v) is 7.04. The highest BCUT2D eigenvalue weighted by molar-refractivity contribution is 5.94. The van der Waals surface area contributed by atoms with Gasteiger partial charge in [-0.1, -0.05) is 18.2 Å². The number of hydrogen-bond donors (Lipinski definition) is 3. The highest BCUT2D eigenvalue weighted by Gasteiger charge is 2.53. The number of para-hydroxylation sites is 1. The predicted octanol–water partition coefficient (Wildman–Crippen LogP) is 2.74. The number of benzene rings is 1. The van der Waals surface area contributed by atoms with E-state index in [1.54, 1.807) is 0 Å². The van der Waals surface area contributed by atoms with Crippen molar-refractivity contribution in [1.29, 1.82) is 0 Å². The number of hydrogen-bond acceptors (Lipinski definition) is 3. The van der Waals surface area contributed by atoms with E-state index in [2.05, 4.69) is 15.8 Å². The normalized spacial score (nSPS) is 37.3. The van der Waals surface area contributed by atoms with E-state index in [4.69, 9.17) is 0 Å². The van der Waals surface area contributed by atoms with Gasteiger partial charge in [-0.15, -0.1) is 0 Å². The Hall–Kier alpha value is -1.88. The average molecular weight is 299 g/mol. The molecule has 0 saturated heterocycles. The van der Waals surface area contributed by atoms with Gasteiger partial charge in [0, 0.05) is 23.2 Å². The van der Waals surface area contributed by atoms with E-state index in [1.807, 2.05) is 30.3 Å². The summed E-state index contributed by atoms with van der Waals surface area (Å²) >= 11 is 0. The summed E-state index contributed by atoms with van der Waals surface area (Å²) in [7, 11) is 0. The van der Waals surface area contributed by atoms with Crippen LogP contribution in [-0.4, -0.2) is 22.5 Å². The van der Waals surface area contributed by atoms with Crippen LogP contribution in [0.4, 0.5) is 10.5 Å². The van der Waals surface area contributed by atoms with Crippen LogP contribution in [0.1, 0.15) is 32.1 Å². The number of urea groups is 1. The molecule has 4 atom stereocenters. The van der Waals surface area contributed by atoms with Crippen LogP contribution in [-0.2, 0) is 0 Å². The van der Waals surface area contributed by atoms with Gasteiger partial charge in [0.15, 0.2) is 0 Å². The minimum atomic E-state index is -0.470. The zero-order valence-corrected chi connectivity index (χ0v) is 12.5. The third-order valence-corrected chi connectivity index (χ3v) is 5.31. The topological polar surface area (TPSA) is 73.7 Å². The molecule has 4 fully saturated rings. The van der Waals surface area contributed by atoms with E-state index in [9.17, 15) is 9.90 Å². The molecule has 0 spiro atoms. The van der Waals surface area contributed by atoms with Gasteiger partial charge in [0.1, 0.15) is 0 Å². The SMILES string of the molecule is O=C(NN=C1[C@@H]2CC3C[C@H]1CC(O)(C3)C2)Nc1ccccc1. The lowest BCUT2D eigenvalue weighted by Gasteiger charge is -2.54. The summed E-state index contributed by atoms with van der Waals surface area (Å²) in [5.74, 6) is 1.32. The summed E-state index contributed by atoms with van der Waals surface area (Å²) in [6, 6.07) is 9.02. The molecule has 0 radical (unpaired) electrons. The first-order valence-electron chi connectivity index (χ1n) is 8.03. The molecule has 3 N–H and O–H groups in total. The maximum Gasteiger partial charge on any atom is 0.339 e. The fourth-order valence-electron chi connectivity index (χ4n) is 4.70. The average Bonchev–Trinajstić information content (AvgIpc) is 2.45. The maximum atomic E-state index is 11.9. The van der Waals surface area contributed by atoms with E-state index in [1.165, 1.54) is 0 Å². The van der Waals surface area contributed by atoms with Crippen LogP contribution in [0.25, 0.3) is 0 Å². The lowest BCUT2D eigenvalue weighted by atomic mass is 9.53. The molecule has 0 aromatic heterocycles. The first-order chi connectivity index (χ1) is 10.6. The first-order valence-corrected chi connectivity index (χ1v) is 8.03. The van der Waals surface area contributed by atoms with Gasteiger partial charge in [0.2, 0.25) is 0 Å². The van der Waals surface area contributed by atoms with E-state index >= 15 is 0 Å². The molecule has 1 aromatic carbocycles. The Morgan fingerprint density at radius 1 is 1.14 bits per heavy atom. The summed E-state index contributed by atoms with van der Waals surface area (Å²) in [4.78, 5) is 11.9. The van der Waals surface area contributed by atoms with Crippen molar-refractivity contribution in [3.8, 4) is 0 Å². The number of anilines is 1. The Morgan fingerprint density at radius 2 is 1.82 bits per heavy atom.